The average molecular weight is 369 g/mol. The van der Waals surface area contributed by atoms with Crippen LogP contribution in [0.5, 0.6) is 0 Å². The maximum Gasteiger partial charge on any atom is 0.331 e. The van der Waals surface area contributed by atoms with E-state index in [-0.39, 0.29) is 29.1 Å². The second-order valence-electron chi connectivity index (χ2n) is 8.31. The lowest BCUT2D eigenvalue weighted by Gasteiger charge is -2.18. The zero-order chi connectivity index (χ0) is 19.1. The Hall–Kier alpha value is -2.37. The number of hydrogen-bond acceptors (Lipinski definition) is 3. The van der Waals surface area contributed by atoms with Gasteiger partial charge < -0.3 is 5.32 Å². The Balaban J connectivity index is 1.78. The Morgan fingerprint density at radius 2 is 1.85 bits per heavy atom. The maximum absolute atomic E-state index is 13.0. The summed E-state index contributed by atoms with van der Waals surface area (Å²) >= 11 is 0. The second kappa shape index (κ2) is 6.98. The summed E-state index contributed by atoms with van der Waals surface area (Å²) in [6.45, 7) is 4.38. The summed E-state index contributed by atoms with van der Waals surface area (Å²) in [5.74, 6) is 0.526. The quantitative estimate of drug-likeness (QED) is 0.879. The summed E-state index contributed by atoms with van der Waals surface area (Å²) in [5, 5.41) is 3.46. The van der Waals surface area contributed by atoms with Crippen LogP contribution in [-0.4, -0.2) is 15.0 Å². The molecule has 1 aromatic heterocycles. The van der Waals surface area contributed by atoms with Gasteiger partial charge in [-0.15, -0.1) is 0 Å². The number of amides is 1. The van der Waals surface area contributed by atoms with Crippen LogP contribution >= 0.6 is 0 Å². The number of fused-ring (bicyclic) bond motifs is 1. The molecule has 4 rings (SSSR count). The van der Waals surface area contributed by atoms with Gasteiger partial charge in [0.15, 0.2) is 0 Å². The van der Waals surface area contributed by atoms with Gasteiger partial charge in [-0.1, -0.05) is 12.8 Å². The van der Waals surface area contributed by atoms with E-state index in [1.54, 1.807) is 22.8 Å². The third-order valence-electron chi connectivity index (χ3n) is 5.82. The van der Waals surface area contributed by atoms with Crippen LogP contribution in [0, 0.1) is 11.8 Å². The van der Waals surface area contributed by atoms with Gasteiger partial charge in [0.05, 0.1) is 10.9 Å². The summed E-state index contributed by atoms with van der Waals surface area (Å²) in [6, 6.07) is 5.25. The number of benzene rings is 1. The Labute approximate surface area is 158 Å². The lowest BCUT2D eigenvalue weighted by atomic mass is 10.1. The van der Waals surface area contributed by atoms with Gasteiger partial charge >= 0.3 is 5.69 Å². The molecule has 1 amide bonds. The SMILES string of the molecule is CC(C)n1c(=O)n(CC2CC2)c(=O)c2cc(NC(=O)C3CCCC3)ccc21. The van der Waals surface area contributed by atoms with Crippen LogP contribution in [0.1, 0.15) is 58.4 Å². The fraction of sp³-hybridized carbons (Fsp3) is 0.571. The minimum absolute atomic E-state index is 0.0299. The van der Waals surface area contributed by atoms with Crippen molar-refractivity contribution in [1.82, 2.24) is 9.13 Å². The molecule has 144 valence electrons. The smallest absolute Gasteiger partial charge is 0.326 e. The van der Waals surface area contributed by atoms with Gasteiger partial charge in [-0.05, 0) is 63.6 Å². The molecule has 1 N–H and O–H groups in total. The van der Waals surface area contributed by atoms with E-state index in [0.29, 0.717) is 29.1 Å². The topological polar surface area (TPSA) is 73.1 Å². The number of rotatable bonds is 5. The minimum atomic E-state index is -0.254. The number of carbonyl (C=O) groups excluding carboxylic acids is 1. The Bertz CT molecular complexity index is 992. The van der Waals surface area contributed by atoms with Gasteiger partial charge in [-0.2, -0.15) is 0 Å². The van der Waals surface area contributed by atoms with E-state index < -0.39 is 0 Å². The van der Waals surface area contributed by atoms with Gasteiger partial charge in [0.25, 0.3) is 5.56 Å². The molecule has 0 radical (unpaired) electrons. The van der Waals surface area contributed by atoms with Crippen molar-refractivity contribution in [1.29, 1.82) is 0 Å². The number of hydrogen-bond donors (Lipinski definition) is 1. The molecule has 0 aliphatic heterocycles. The van der Waals surface area contributed by atoms with Crippen LogP contribution in [-0.2, 0) is 11.3 Å². The lowest BCUT2D eigenvalue weighted by molar-refractivity contribution is -0.119. The number of anilines is 1. The van der Waals surface area contributed by atoms with Crippen molar-refractivity contribution < 1.29 is 4.79 Å². The van der Waals surface area contributed by atoms with Crippen LogP contribution < -0.4 is 16.6 Å². The zero-order valence-electron chi connectivity index (χ0n) is 16.0. The number of nitrogens with zero attached hydrogens (tertiary/aromatic N) is 2. The monoisotopic (exact) mass is 369 g/mol. The molecule has 0 atom stereocenters. The molecule has 1 aromatic carbocycles. The Kier molecular flexibility index (Phi) is 4.66. The van der Waals surface area contributed by atoms with Crippen molar-refractivity contribution in [2.45, 2.75) is 65.0 Å². The molecule has 0 unspecified atom stereocenters. The summed E-state index contributed by atoms with van der Waals surface area (Å²) in [6.07, 6.45) is 6.21. The van der Waals surface area contributed by atoms with Crippen LogP contribution in [0.4, 0.5) is 5.69 Å². The molecule has 1 heterocycles. The summed E-state index contributed by atoms with van der Waals surface area (Å²) in [5.41, 5.74) is 0.766. The van der Waals surface area contributed by atoms with Crippen molar-refractivity contribution in [3.8, 4) is 0 Å². The molecule has 2 fully saturated rings. The molecule has 0 saturated heterocycles. The molecule has 2 aromatic rings. The third-order valence-corrected chi connectivity index (χ3v) is 5.82. The van der Waals surface area contributed by atoms with Crippen LogP contribution in [0.3, 0.4) is 0 Å². The molecule has 0 spiro atoms. The molecule has 6 heteroatoms. The largest absolute Gasteiger partial charge is 0.331 e. The first kappa shape index (κ1) is 18.0. The van der Waals surface area contributed by atoms with Gasteiger partial charge in [0.2, 0.25) is 5.91 Å². The lowest BCUT2D eigenvalue weighted by Crippen LogP contribution is -2.41. The van der Waals surface area contributed by atoms with Gasteiger partial charge in [0, 0.05) is 24.2 Å². The number of aromatic nitrogens is 2. The highest BCUT2D eigenvalue weighted by Gasteiger charge is 2.26. The normalized spacial score (nSPS) is 17.7. The summed E-state index contributed by atoms with van der Waals surface area (Å²) in [7, 11) is 0. The van der Waals surface area contributed by atoms with Crippen LogP contribution in [0.15, 0.2) is 27.8 Å². The zero-order valence-corrected chi connectivity index (χ0v) is 16.0. The Morgan fingerprint density at radius 3 is 2.48 bits per heavy atom. The number of nitrogens with one attached hydrogen (secondary N) is 1. The van der Waals surface area contributed by atoms with Gasteiger partial charge in [-0.3, -0.25) is 18.7 Å². The van der Waals surface area contributed by atoms with E-state index in [1.165, 1.54) is 4.57 Å². The molecule has 2 aliphatic rings. The van der Waals surface area contributed by atoms with Gasteiger partial charge in [0.1, 0.15) is 0 Å². The molecular formula is C21H27N3O3. The van der Waals surface area contributed by atoms with E-state index >= 15 is 0 Å². The van der Waals surface area contributed by atoms with Crippen LogP contribution in [0.2, 0.25) is 0 Å². The predicted molar refractivity (Wildman–Crippen MR) is 106 cm³/mol. The average Bonchev–Trinajstić information content (AvgIpc) is 3.28. The molecule has 6 nitrogen and oxygen atoms in total. The molecular weight excluding hydrogens is 342 g/mol. The third kappa shape index (κ3) is 3.45. The highest BCUT2D eigenvalue weighted by Crippen LogP contribution is 2.30. The maximum atomic E-state index is 13.0. The van der Waals surface area contributed by atoms with Crippen molar-refractivity contribution in [2.24, 2.45) is 11.8 Å². The van der Waals surface area contributed by atoms with E-state index in [0.717, 1.165) is 38.5 Å². The standard InChI is InChI=1S/C21H27N3O3/c1-13(2)24-18-10-9-16(22-19(25)15-5-3-4-6-15)11-17(18)20(26)23(21(24)27)12-14-7-8-14/h9-11,13-15H,3-8,12H2,1-2H3,(H,22,25). The van der Waals surface area contributed by atoms with Crippen molar-refractivity contribution in [3.05, 3.63) is 39.0 Å². The van der Waals surface area contributed by atoms with E-state index in [2.05, 4.69) is 5.32 Å². The van der Waals surface area contributed by atoms with Crippen molar-refractivity contribution in [3.63, 3.8) is 0 Å². The highest BCUT2D eigenvalue weighted by atomic mass is 16.2. The molecule has 27 heavy (non-hydrogen) atoms. The first-order valence-corrected chi connectivity index (χ1v) is 10.1. The fourth-order valence-corrected chi connectivity index (χ4v) is 4.11. The molecule has 2 saturated carbocycles. The fourth-order valence-electron chi connectivity index (χ4n) is 4.11. The molecule has 2 aliphatic carbocycles. The second-order valence-corrected chi connectivity index (χ2v) is 8.31. The first-order valence-electron chi connectivity index (χ1n) is 10.1. The highest BCUT2D eigenvalue weighted by molar-refractivity contribution is 5.95. The minimum Gasteiger partial charge on any atom is -0.326 e. The van der Waals surface area contributed by atoms with Gasteiger partial charge in [-0.25, -0.2) is 4.79 Å². The van der Waals surface area contributed by atoms with Crippen molar-refractivity contribution in [2.75, 3.05) is 5.32 Å². The van der Waals surface area contributed by atoms with Crippen LogP contribution in [0.25, 0.3) is 10.9 Å². The molecule has 0 bridgehead atoms. The number of carbonyl (C=O) groups is 1. The van der Waals surface area contributed by atoms with E-state index in [1.807, 2.05) is 13.8 Å². The Morgan fingerprint density at radius 1 is 1.15 bits per heavy atom. The van der Waals surface area contributed by atoms with E-state index in [4.69, 9.17) is 0 Å². The van der Waals surface area contributed by atoms with E-state index in [9.17, 15) is 14.4 Å². The predicted octanol–water partition coefficient (Wildman–Crippen LogP) is 3.28. The summed E-state index contributed by atoms with van der Waals surface area (Å²) < 4.78 is 3.06. The van der Waals surface area contributed by atoms with Crippen molar-refractivity contribution >= 4 is 22.5 Å². The summed E-state index contributed by atoms with van der Waals surface area (Å²) in [4.78, 5) is 38.4. The first-order chi connectivity index (χ1) is 13.0.